The number of benzene rings is 1. The van der Waals surface area contributed by atoms with Gasteiger partial charge >= 0.3 is 0 Å². The molecule has 3 rings (SSSR count). The second-order valence-electron chi connectivity index (χ2n) is 7.45. The van der Waals surface area contributed by atoms with Gasteiger partial charge in [0.25, 0.3) is 0 Å². The summed E-state index contributed by atoms with van der Waals surface area (Å²) in [6, 6.07) is 8.68. The summed E-state index contributed by atoms with van der Waals surface area (Å²) in [5.74, 6) is 1.83. The summed E-state index contributed by atoms with van der Waals surface area (Å²) in [7, 11) is 4.18. The number of nitrogens with zero attached hydrogens (tertiary/aromatic N) is 4. The molecule has 0 bridgehead atoms. The van der Waals surface area contributed by atoms with E-state index >= 15 is 0 Å². The maximum absolute atomic E-state index is 4.93. The summed E-state index contributed by atoms with van der Waals surface area (Å²) in [6.45, 7) is 5.31. The van der Waals surface area contributed by atoms with Crippen LogP contribution in [0, 0.1) is 0 Å². The Kier molecular flexibility index (Phi) is 6.08. The molecule has 25 heavy (non-hydrogen) atoms. The minimum atomic E-state index is 0.302. The topological polar surface area (TPSA) is 44.3 Å². The predicted molar refractivity (Wildman–Crippen MR) is 106 cm³/mol. The molecular weight excluding hydrogens is 310 g/mol. The highest BCUT2D eigenvalue weighted by Crippen LogP contribution is 2.27. The SMILES string of the molecule is CC(CN(C)C)Nc1nc(N2CCCCCCC2)c2ccccc2n1. The van der Waals surface area contributed by atoms with Gasteiger partial charge in [-0.15, -0.1) is 0 Å². The Balaban J connectivity index is 1.91. The third-order valence-corrected chi connectivity index (χ3v) is 4.75. The average Bonchev–Trinajstić information content (AvgIpc) is 2.53. The Bertz CT molecular complexity index is 677. The number of anilines is 2. The van der Waals surface area contributed by atoms with Crippen molar-refractivity contribution >= 4 is 22.7 Å². The standard InChI is InChI=1S/C20H31N5/c1-16(15-24(2)3)21-20-22-18-12-8-7-11-17(18)19(23-20)25-13-9-5-4-6-10-14-25/h7-8,11-12,16H,4-6,9-10,13-15H2,1-3H3,(H,21,22,23). The highest BCUT2D eigenvalue weighted by molar-refractivity contribution is 5.90. The molecule has 2 heterocycles. The molecule has 1 N–H and O–H groups in total. The molecule has 0 amide bonds. The fourth-order valence-corrected chi connectivity index (χ4v) is 3.64. The summed E-state index contributed by atoms with van der Waals surface area (Å²) < 4.78 is 0. The summed E-state index contributed by atoms with van der Waals surface area (Å²) in [6.07, 6.45) is 6.51. The van der Waals surface area contributed by atoms with Crippen LogP contribution in [0.3, 0.4) is 0 Å². The number of nitrogens with one attached hydrogen (secondary N) is 1. The molecule has 1 fully saturated rings. The average molecular weight is 342 g/mol. The van der Waals surface area contributed by atoms with Crippen molar-refractivity contribution in [2.24, 2.45) is 0 Å². The number of aromatic nitrogens is 2. The molecule has 0 saturated carbocycles. The van der Waals surface area contributed by atoms with Crippen LogP contribution in [0.4, 0.5) is 11.8 Å². The number of likely N-dealkylation sites (N-methyl/N-ethyl adjacent to an activating group) is 1. The first kappa shape index (κ1) is 17.9. The van der Waals surface area contributed by atoms with Crippen molar-refractivity contribution in [2.45, 2.75) is 45.1 Å². The second-order valence-corrected chi connectivity index (χ2v) is 7.45. The highest BCUT2D eigenvalue weighted by atomic mass is 15.2. The lowest BCUT2D eigenvalue weighted by molar-refractivity contribution is 0.391. The van der Waals surface area contributed by atoms with E-state index in [2.05, 4.69) is 60.4 Å². The molecule has 0 spiro atoms. The monoisotopic (exact) mass is 341 g/mol. The summed E-state index contributed by atoms with van der Waals surface area (Å²) in [5, 5.41) is 4.64. The van der Waals surface area contributed by atoms with Gasteiger partial charge in [0.05, 0.1) is 5.52 Å². The van der Waals surface area contributed by atoms with Gasteiger partial charge in [0.1, 0.15) is 5.82 Å². The second kappa shape index (κ2) is 8.48. The Morgan fingerprint density at radius 3 is 2.44 bits per heavy atom. The van der Waals surface area contributed by atoms with Gasteiger partial charge in [-0.05, 0) is 46.0 Å². The van der Waals surface area contributed by atoms with Crippen molar-refractivity contribution in [1.29, 1.82) is 0 Å². The first-order valence-corrected chi connectivity index (χ1v) is 9.56. The molecule has 0 radical (unpaired) electrons. The zero-order valence-corrected chi connectivity index (χ0v) is 15.8. The van der Waals surface area contributed by atoms with Crippen LogP contribution in [0.2, 0.25) is 0 Å². The predicted octanol–water partition coefficient (Wildman–Crippen LogP) is 3.76. The number of hydrogen-bond acceptors (Lipinski definition) is 5. The third kappa shape index (κ3) is 4.82. The molecule has 2 aromatic rings. The molecule has 1 saturated heterocycles. The van der Waals surface area contributed by atoms with E-state index in [0.717, 1.165) is 42.3 Å². The number of hydrogen-bond donors (Lipinski definition) is 1. The fraction of sp³-hybridized carbons (Fsp3) is 0.600. The maximum Gasteiger partial charge on any atom is 0.225 e. The van der Waals surface area contributed by atoms with Gasteiger partial charge in [-0.3, -0.25) is 0 Å². The maximum atomic E-state index is 4.93. The fourth-order valence-electron chi connectivity index (χ4n) is 3.64. The van der Waals surface area contributed by atoms with E-state index in [1.54, 1.807) is 0 Å². The molecule has 136 valence electrons. The van der Waals surface area contributed by atoms with Crippen LogP contribution in [0.15, 0.2) is 24.3 Å². The Morgan fingerprint density at radius 2 is 1.72 bits per heavy atom. The molecule has 1 aromatic heterocycles. The van der Waals surface area contributed by atoms with E-state index in [4.69, 9.17) is 9.97 Å². The summed E-state index contributed by atoms with van der Waals surface area (Å²) in [5.41, 5.74) is 1.02. The van der Waals surface area contributed by atoms with Crippen LogP contribution in [0.5, 0.6) is 0 Å². The van der Waals surface area contributed by atoms with E-state index in [-0.39, 0.29) is 0 Å². The Labute approximate surface area is 151 Å². The van der Waals surface area contributed by atoms with Crippen LogP contribution < -0.4 is 10.2 Å². The normalized spacial score (nSPS) is 17.4. The van der Waals surface area contributed by atoms with Gasteiger partial charge in [0.2, 0.25) is 5.95 Å². The lowest BCUT2D eigenvalue weighted by Crippen LogP contribution is -2.31. The largest absolute Gasteiger partial charge is 0.356 e. The molecule has 5 heteroatoms. The van der Waals surface area contributed by atoms with E-state index in [9.17, 15) is 0 Å². The minimum Gasteiger partial charge on any atom is -0.356 e. The minimum absolute atomic E-state index is 0.302. The van der Waals surface area contributed by atoms with Gasteiger partial charge < -0.3 is 15.1 Å². The number of rotatable bonds is 5. The quantitative estimate of drug-likeness (QED) is 0.897. The molecule has 1 aromatic carbocycles. The van der Waals surface area contributed by atoms with Gasteiger partial charge in [0, 0.05) is 31.1 Å². The summed E-state index contributed by atoms with van der Waals surface area (Å²) in [4.78, 5) is 14.3. The van der Waals surface area contributed by atoms with Crippen molar-refractivity contribution in [3.63, 3.8) is 0 Å². The number of para-hydroxylation sites is 1. The van der Waals surface area contributed by atoms with Crippen molar-refractivity contribution in [3.05, 3.63) is 24.3 Å². The first-order chi connectivity index (χ1) is 12.1. The Hall–Kier alpha value is -1.88. The van der Waals surface area contributed by atoms with Crippen LogP contribution in [0.1, 0.15) is 39.0 Å². The lowest BCUT2D eigenvalue weighted by Gasteiger charge is -2.27. The summed E-state index contributed by atoms with van der Waals surface area (Å²) >= 11 is 0. The zero-order chi connectivity index (χ0) is 17.6. The van der Waals surface area contributed by atoms with Crippen molar-refractivity contribution < 1.29 is 0 Å². The first-order valence-electron chi connectivity index (χ1n) is 9.56. The van der Waals surface area contributed by atoms with Crippen LogP contribution in [-0.2, 0) is 0 Å². The molecule has 0 aliphatic carbocycles. The lowest BCUT2D eigenvalue weighted by atomic mass is 10.1. The third-order valence-electron chi connectivity index (χ3n) is 4.75. The van der Waals surface area contributed by atoms with Crippen LogP contribution in [-0.4, -0.2) is 54.6 Å². The van der Waals surface area contributed by atoms with Crippen molar-refractivity contribution in [3.8, 4) is 0 Å². The van der Waals surface area contributed by atoms with Crippen LogP contribution in [0.25, 0.3) is 10.9 Å². The smallest absolute Gasteiger partial charge is 0.225 e. The van der Waals surface area contributed by atoms with E-state index < -0.39 is 0 Å². The zero-order valence-electron chi connectivity index (χ0n) is 15.8. The van der Waals surface area contributed by atoms with E-state index in [0.29, 0.717) is 6.04 Å². The highest BCUT2D eigenvalue weighted by Gasteiger charge is 2.16. The number of fused-ring (bicyclic) bond motifs is 1. The van der Waals surface area contributed by atoms with E-state index in [1.165, 1.54) is 32.1 Å². The Morgan fingerprint density at radius 1 is 1.04 bits per heavy atom. The van der Waals surface area contributed by atoms with Gasteiger partial charge in [-0.25, -0.2) is 4.98 Å². The molecule has 1 unspecified atom stereocenters. The van der Waals surface area contributed by atoms with Crippen molar-refractivity contribution in [1.82, 2.24) is 14.9 Å². The van der Waals surface area contributed by atoms with Gasteiger partial charge in [-0.1, -0.05) is 31.4 Å². The van der Waals surface area contributed by atoms with E-state index in [1.807, 2.05) is 0 Å². The van der Waals surface area contributed by atoms with Gasteiger partial charge in [0.15, 0.2) is 0 Å². The van der Waals surface area contributed by atoms with Gasteiger partial charge in [-0.2, -0.15) is 4.98 Å². The molecule has 1 aliphatic rings. The molecule has 5 nitrogen and oxygen atoms in total. The van der Waals surface area contributed by atoms with Crippen LogP contribution >= 0.6 is 0 Å². The molecule has 1 aliphatic heterocycles. The van der Waals surface area contributed by atoms with Crippen molar-refractivity contribution in [2.75, 3.05) is 43.9 Å². The molecule has 1 atom stereocenters. The molecular formula is C20H31N5.